The van der Waals surface area contributed by atoms with Crippen molar-refractivity contribution in [1.29, 1.82) is 0 Å². The number of nitrogens with two attached hydrogens (primary N) is 1. The third kappa shape index (κ3) is 1.98. The number of rotatable bonds is 3. The van der Waals surface area contributed by atoms with Crippen LogP contribution >= 0.6 is 0 Å². The van der Waals surface area contributed by atoms with Gasteiger partial charge in [-0.3, -0.25) is 4.79 Å². The average Bonchev–Trinajstić information content (AvgIpc) is 2.61. The Morgan fingerprint density at radius 1 is 1.62 bits per heavy atom. The van der Waals surface area contributed by atoms with Crippen LogP contribution in [-0.2, 0) is 4.79 Å². The SMILES string of the molecule is NC(=O)Nc1ccc2c(c1)C(C[C]=O)CO2. The van der Waals surface area contributed by atoms with Gasteiger partial charge < -0.3 is 15.8 Å². The molecule has 1 radical (unpaired) electrons. The normalized spacial score (nSPS) is 17.4. The van der Waals surface area contributed by atoms with Gasteiger partial charge in [-0.05, 0) is 18.2 Å². The van der Waals surface area contributed by atoms with E-state index in [1.54, 1.807) is 18.2 Å². The number of carbonyl (C=O) groups excluding carboxylic acids is 2. The maximum absolute atomic E-state index is 10.7. The summed E-state index contributed by atoms with van der Waals surface area (Å²) in [4.78, 5) is 21.1. The maximum atomic E-state index is 10.7. The summed E-state index contributed by atoms with van der Waals surface area (Å²) in [6, 6.07) is 4.62. The smallest absolute Gasteiger partial charge is 0.316 e. The van der Waals surface area contributed by atoms with Gasteiger partial charge in [-0.25, -0.2) is 4.79 Å². The summed E-state index contributed by atoms with van der Waals surface area (Å²) in [6.07, 6.45) is 2.17. The van der Waals surface area contributed by atoms with E-state index in [0.717, 1.165) is 11.3 Å². The summed E-state index contributed by atoms with van der Waals surface area (Å²) < 4.78 is 5.40. The van der Waals surface area contributed by atoms with Crippen LogP contribution in [0.2, 0.25) is 0 Å². The molecule has 83 valence electrons. The highest BCUT2D eigenvalue weighted by atomic mass is 16.5. The van der Waals surface area contributed by atoms with Gasteiger partial charge in [0.25, 0.3) is 0 Å². The Hall–Kier alpha value is -2.04. The van der Waals surface area contributed by atoms with Crippen LogP contribution in [0.4, 0.5) is 10.5 Å². The second-order valence-electron chi connectivity index (χ2n) is 3.60. The lowest BCUT2D eigenvalue weighted by molar-refractivity contribution is 0.259. The van der Waals surface area contributed by atoms with Gasteiger partial charge in [-0.1, -0.05) is 0 Å². The third-order valence-corrected chi connectivity index (χ3v) is 2.49. The van der Waals surface area contributed by atoms with Gasteiger partial charge in [0, 0.05) is 23.6 Å². The van der Waals surface area contributed by atoms with Crippen molar-refractivity contribution in [2.75, 3.05) is 11.9 Å². The highest BCUT2D eigenvalue weighted by Gasteiger charge is 2.24. The van der Waals surface area contributed by atoms with Gasteiger partial charge in [0.15, 0.2) is 6.29 Å². The fraction of sp³-hybridized carbons (Fsp3) is 0.273. The Bertz CT molecular complexity index is 431. The molecule has 1 unspecified atom stereocenters. The van der Waals surface area contributed by atoms with Gasteiger partial charge in [0.2, 0.25) is 0 Å². The van der Waals surface area contributed by atoms with Crippen LogP contribution in [-0.4, -0.2) is 18.9 Å². The largest absolute Gasteiger partial charge is 0.493 e. The van der Waals surface area contributed by atoms with Gasteiger partial charge in [-0.2, -0.15) is 0 Å². The summed E-state index contributed by atoms with van der Waals surface area (Å²) >= 11 is 0. The molecule has 0 fully saturated rings. The first-order chi connectivity index (χ1) is 7.70. The molecule has 3 N–H and O–H groups in total. The summed E-state index contributed by atoms with van der Waals surface area (Å²) in [7, 11) is 0. The number of hydrogen-bond acceptors (Lipinski definition) is 3. The number of hydrogen-bond donors (Lipinski definition) is 2. The molecule has 1 aromatic rings. The van der Waals surface area contributed by atoms with Gasteiger partial charge in [-0.15, -0.1) is 0 Å². The minimum atomic E-state index is -0.614. The molecule has 1 heterocycles. The van der Waals surface area contributed by atoms with Gasteiger partial charge in [0.05, 0.1) is 6.61 Å². The molecule has 0 saturated heterocycles. The molecular weight excluding hydrogens is 208 g/mol. The minimum Gasteiger partial charge on any atom is -0.493 e. The van der Waals surface area contributed by atoms with E-state index in [-0.39, 0.29) is 5.92 Å². The number of urea groups is 1. The number of fused-ring (bicyclic) bond motifs is 1. The predicted molar refractivity (Wildman–Crippen MR) is 58.2 cm³/mol. The molecule has 5 nitrogen and oxygen atoms in total. The zero-order chi connectivity index (χ0) is 11.5. The summed E-state index contributed by atoms with van der Waals surface area (Å²) in [5, 5.41) is 2.48. The van der Waals surface area contributed by atoms with Crippen molar-refractivity contribution in [2.45, 2.75) is 12.3 Å². The van der Waals surface area contributed by atoms with E-state index in [1.807, 2.05) is 6.29 Å². The topological polar surface area (TPSA) is 81.4 Å². The third-order valence-electron chi connectivity index (χ3n) is 2.49. The molecule has 1 aliphatic rings. The predicted octanol–water partition coefficient (Wildman–Crippen LogP) is 1.15. The molecule has 0 spiro atoms. The van der Waals surface area contributed by atoms with Crippen LogP contribution in [0.1, 0.15) is 17.9 Å². The molecule has 0 aromatic heterocycles. The Morgan fingerprint density at radius 2 is 2.44 bits per heavy atom. The number of anilines is 1. The lowest BCUT2D eigenvalue weighted by atomic mass is 9.98. The lowest BCUT2D eigenvalue weighted by Gasteiger charge is -2.06. The second kappa shape index (κ2) is 4.22. The molecule has 2 rings (SSSR count). The van der Waals surface area contributed by atoms with E-state index >= 15 is 0 Å². The lowest BCUT2D eigenvalue weighted by Crippen LogP contribution is -2.19. The first kappa shape index (κ1) is 10.5. The number of carbonyl (C=O) groups is 1. The molecule has 1 atom stereocenters. The van der Waals surface area contributed by atoms with E-state index in [4.69, 9.17) is 10.5 Å². The molecule has 0 saturated carbocycles. The second-order valence-corrected chi connectivity index (χ2v) is 3.60. The van der Waals surface area contributed by atoms with Crippen molar-refractivity contribution in [2.24, 2.45) is 5.73 Å². The van der Waals surface area contributed by atoms with Crippen molar-refractivity contribution in [1.82, 2.24) is 0 Å². The molecule has 16 heavy (non-hydrogen) atoms. The summed E-state index contributed by atoms with van der Waals surface area (Å²) in [5.74, 6) is 0.761. The van der Waals surface area contributed by atoms with Crippen LogP contribution in [0, 0.1) is 0 Å². The number of benzene rings is 1. The number of amides is 2. The summed E-state index contributed by atoms with van der Waals surface area (Å²) in [5.41, 5.74) is 6.54. The van der Waals surface area contributed by atoms with Crippen LogP contribution in [0.15, 0.2) is 18.2 Å². The molecule has 2 amide bonds. The van der Waals surface area contributed by atoms with Crippen LogP contribution < -0.4 is 15.8 Å². The zero-order valence-electron chi connectivity index (χ0n) is 8.53. The Labute approximate surface area is 92.6 Å². The molecular formula is C11H11N2O3. The Kier molecular flexibility index (Phi) is 2.76. The number of primary amides is 1. The van der Waals surface area contributed by atoms with E-state index in [1.165, 1.54) is 0 Å². The summed E-state index contributed by atoms with van der Waals surface area (Å²) in [6.45, 7) is 0.477. The minimum absolute atomic E-state index is 0.0159. The molecule has 5 heteroatoms. The fourth-order valence-corrected chi connectivity index (χ4v) is 1.77. The first-order valence-corrected chi connectivity index (χ1v) is 4.89. The standard InChI is InChI=1S/C11H11N2O3/c12-11(15)13-8-1-2-10-9(5-8)7(3-4-14)6-16-10/h1-2,5,7H,3,6H2,(H3,12,13,15). The van der Waals surface area contributed by atoms with Gasteiger partial charge >= 0.3 is 6.03 Å². The molecule has 0 aliphatic carbocycles. The molecule has 1 aromatic carbocycles. The average molecular weight is 219 g/mol. The fourth-order valence-electron chi connectivity index (χ4n) is 1.77. The van der Waals surface area contributed by atoms with Crippen molar-refractivity contribution in [3.63, 3.8) is 0 Å². The first-order valence-electron chi connectivity index (χ1n) is 4.89. The van der Waals surface area contributed by atoms with E-state index in [2.05, 4.69) is 5.32 Å². The zero-order valence-corrected chi connectivity index (χ0v) is 8.53. The monoisotopic (exact) mass is 219 g/mol. The highest BCUT2D eigenvalue weighted by molar-refractivity contribution is 5.88. The van der Waals surface area contributed by atoms with Crippen LogP contribution in [0.25, 0.3) is 0 Å². The molecule has 1 aliphatic heterocycles. The van der Waals surface area contributed by atoms with E-state index in [9.17, 15) is 9.59 Å². The van der Waals surface area contributed by atoms with Crippen molar-refractivity contribution in [3.05, 3.63) is 23.8 Å². The molecule has 0 bridgehead atoms. The van der Waals surface area contributed by atoms with Gasteiger partial charge in [0.1, 0.15) is 5.75 Å². The van der Waals surface area contributed by atoms with Crippen molar-refractivity contribution >= 4 is 18.0 Å². The van der Waals surface area contributed by atoms with Crippen LogP contribution in [0.3, 0.4) is 0 Å². The van der Waals surface area contributed by atoms with E-state index in [0.29, 0.717) is 18.7 Å². The Balaban J connectivity index is 2.26. The van der Waals surface area contributed by atoms with Crippen LogP contribution in [0.5, 0.6) is 5.75 Å². The van der Waals surface area contributed by atoms with E-state index < -0.39 is 6.03 Å². The van der Waals surface area contributed by atoms with Crippen molar-refractivity contribution < 1.29 is 14.3 Å². The number of ether oxygens (including phenoxy) is 1. The van der Waals surface area contributed by atoms with Crippen molar-refractivity contribution in [3.8, 4) is 5.75 Å². The highest BCUT2D eigenvalue weighted by Crippen LogP contribution is 2.37. The number of nitrogens with one attached hydrogen (secondary N) is 1. The Morgan fingerprint density at radius 3 is 3.12 bits per heavy atom. The maximum Gasteiger partial charge on any atom is 0.316 e. The quantitative estimate of drug-likeness (QED) is 0.800.